The third-order valence-corrected chi connectivity index (χ3v) is 4.38. The zero-order chi connectivity index (χ0) is 15.2. The summed E-state index contributed by atoms with van der Waals surface area (Å²) in [6.07, 6.45) is 4.40. The number of carbonyl (C=O) groups is 1. The predicted molar refractivity (Wildman–Crippen MR) is 91.4 cm³/mol. The van der Waals surface area contributed by atoms with Crippen LogP contribution in [0.15, 0.2) is 24.3 Å². The van der Waals surface area contributed by atoms with Gasteiger partial charge < -0.3 is 15.4 Å². The third kappa shape index (κ3) is 4.85. The normalized spacial score (nSPS) is 16.1. The van der Waals surface area contributed by atoms with Gasteiger partial charge in [-0.3, -0.25) is 4.79 Å². The van der Waals surface area contributed by atoms with Crippen LogP contribution in [0, 0.1) is 0 Å². The lowest BCUT2D eigenvalue weighted by molar-refractivity contribution is -0.136. The number of rotatable bonds is 6. The molecule has 1 aliphatic rings. The molecule has 0 heterocycles. The standard InChI is InChI=1S/C16H23ClN2O2.ClH/c1-21-11-15(18)16(20)19(13-7-3-4-8-13)10-12-6-2-5-9-14(12)17;/h2,5-6,9,13,15H,3-4,7-8,10-11,18H2,1H3;1H. The highest BCUT2D eigenvalue weighted by Crippen LogP contribution is 2.27. The maximum atomic E-state index is 12.6. The van der Waals surface area contributed by atoms with Crippen molar-refractivity contribution in [2.75, 3.05) is 13.7 Å². The fraction of sp³-hybridized carbons (Fsp3) is 0.562. The number of nitrogens with two attached hydrogens (primary N) is 1. The second kappa shape index (κ2) is 9.36. The van der Waals surface area contributed by atoms with Crippen LogP contribution < -0.4 is 5.73 Å². The van der Waals surface area contributed by atoms with Crippen molar-refractivity contribution in [3.05, 3.63) is 34.9 Å². The van der Waals surface area contributed by atoms with E-state index in [0.717, 1.165) is 31.2 Å². The molecule has 0 spiro atoms. The molecule has 124 valence electrons. The Morgan fingerprint density at radius 2 is 2.05 bits per heavy atom. The third-order valence-electron chi connectivity index (χ3n) is 4.01. The highest BCUT2D eigenvalue weighted by atomic mass is 35.5. The molecule has 0 saturated heterocycles. The molecule has 1 fully saturated rings. The number of benzene rings is 1. The van der Waals surface area contributed by atoms with Crippen LogP contribution in [-0.4, -0.2) is 36.6 Å². The molecule has 4 nitrogen and oxygen atoms in total. The molecule has 2 rings (SSSR count). The molecule has 0 aromatic heterocycles. The minimum absolute atomic E-state index is 0. The Kier molecular flexibility index (Phi) is 8.18. The number of methoxy groups -OCH3 is 1. The number of ether oxygens (including phenoxy) is 1. The van der Waals surface area contributed by atoms with Gasteiger partial charge in [0.15, 0.2) is 0 Å². The van der Waals surface area contributed by atoms with E-state index in [-0.39, 0.29) is 31.0 Å². The molecule has 1 aromatic carbocycles. The Hall–Kier alpha value is -0.810. The summed E-state index contributed by atoms with van der Waals surface area (Å²) in [5.74, 6) is -0.0522. The maximum absolute atomic E-state index is 12.6. The highest BCUT2D eigenvalue weighted by molar-refractivity contribution is 6.31. The average molecular weight is 347 g/mol. The van der Waals surface area contributed by atoms with E-state index < -0.39 is 6.04 Å². The minimum Gasteiger partial charge on any atom is -0.383 e. The Bertz CT molecular complexity index is 479. The van der Waals surface area contributed by atoms with E-state index in [4.69, 9.17) is 22.1 Å². The van der Waals surface area contributed by atoms with Gasteiger partial charge in [0.25, 0.3) is 0 Å². The van der Waals surface area contributed by atoms with Crippen LogP contribution >= 0.6 is 24.0 Å². The van der Waals surface area contributed by atoms with Crippen molar-refractivity contribution in [1.29, 1.82) is 0 Å². The predicted octanol–water partition coefficient (Wildman–Crippen LogP) is 3.01. The molecule has 0 radical (unpaired) electrons. The zero-order valence-electron chi connectivity index (χ0n) is 12.8. The van der Waals surface area contributed by atoms with Crippen molar-refractivity contribution in [3.8, 4) is 0 Å². The largest absolute Gasteiger partial charge is 0.383 e. The molecule has 0 aliphatic heterocycles. The Morgan fingerprint density at radius 3 is 2.64 bits per heavy atom. The first-order valence-corrected chi connectivity index (χ1v) is 7.79. The first-order valence-electron chi connectivity index (χ1n) is 7.42. The monoisotopic (exact) mass is 346 g/mol. The van der Waals surface area contributed by atoms with Gasteiger partial charge in [-0.1, -0.05) is 42.6 Å². The van der Waals surface area contributed by atoms with Crippen molar-refractivity contribution in [2.24, 2.45) is 5.73 Å². The van der Waals surface area contributed by atoms with Crippen molar-refractivity contribution in [1.82, 2.24) is 4.90 Å². The second-order valence-corrected chi connectivity index (χ2v) is 5.96. The summed E-state index contributed by atoms with van der Waals surface area (Å²) >= 11 is 6.23. The summed E-state index contributed by atoms with van der Waals surface area (Å²) in [6, 6.07) is 7.29. The Morgan fingerprint density at radius 1 is 1.41 bits per heavy atom. The summed E-state index contributed by atoms with van der Waals surface area (Å²) in [5, 5.41) is 0.689. The lowest BCUT2D eigenvalue weighted by atomic mass is 10.1. The van der Waals surface area contributed by atoms with Crippen LogP contribution in [0.4, 0.5) is 0 Å². The summed E-state index contributed by atoms with van der Waals surface area (Å²) in [5.41, 5.74) is 6.90. The summed E-state index contributed by atoms with van der Waals surface area (Å²) in [7, 11) is 1.56. The second-order valence-electron chi connectivity index (χ2n) is 5.56. The average Bonchev–Trinajstić information content (AvgIpc) is 3.00. The molecule has 1 saturated carbocycles. The summed E-state index contributed by atoms with van der Waals surface area (Å²) < 4.78 is 5.01. The van der Waals surface area contributed by atoms with Gasteiger partial charge in [-0.25, -0.2) is 0 Å². The number of halogens is 2. The molecule has 0 bridgehead atoms. The van der Waals surface area contributed by atoms with Crippen molar-refractivity contribution >= 4 is 29.9 Å². The van der Waals surface area contributed by atoms with E-state index in [1.54, 1.807) is 7.11 Å². The highest BCUT2D eigenvalue weighted by Gasteiger charge is 2.30. The smallest absolute Gasteiger partial charge is 0.242 e. The van der Waals surface area contributed by atoms with Gasteiger partial charge in [-0.15, -0.1) is 12.4 Å². The maximum Gasteiger partial charge on any atom is 0.242 e. The quantitative estimate of drug-likeness (QED) is 0.861. The minimum atomic E-state index is -0.613. The molecule has 6 heteroatoms. The fourth-order valence-corrected chi connectivity index (χ4v) is 3.07. The van der Waals surface area contributed by atoms with Crippen LogP contribution in [0.1, 0.15) is 31.2 Å². The molecule has 1 unspecified atom stereocenters. The van der Waals surface area contributed by atoms with E-state index in [1.165, 1.54) is 0 Å². The molecule has 1 aromatic rings. The lowest BCUT2D eigenvalue weighted by Gasteiger charge is -2.31. The molecule has 1 amide bonds. The van der Waals surface area contributed by atoms with Crippen LogP contribution in [0.2, 0.25) is 5.02 Å². The van der Waals surface area contributed by atoms with Crippen molar-refractivity contribution in [2.45, 2.75) is 44.3 Å². The topological polar surface area (TPSA) is 55.6 Å². The first-order chi connectivity index (χ1) is 10.1. The van der Waals surface area contributed by atoms with Gasteiger partial charge in [0.1, 0.15) is 6.04 Å². The van der Waals surface area contributed by atoms with Gasteiger partial charge in [-0.2, -0.15) is 0 Å². The van der Waals surface area contributed by atoms with Crippen LogP contribution in [0.3, 0.4) is 0 Å². The van der Waals surface area contributed by atoms with Gasteiger partial charge in [0.05, 0.1) is 6.61 Å². The fourth-order valence-electron chi connectivity index (χ4n) is 2.88. The SMILES string of the molecule is COCC(N)C(=O)N(Cc1ccccc1Cl)C1CCCC1.Cl. The Labute approximate surface area is 143 Å². The molecule has 1 atom stereocenters. The first kappa shape index (κ1) is 19.2. The van der Waals surface area contributed by atoms with Crippen LogP contribution in [-0.2, 0) is 16.1 Å². The number of amides is 1. The van der Waals surface area contributed by atoms with E-state index in [2.05, 4.69) is 0 Å². The van der Waals surface area contributed by atoms with Gasteiger partial charge >= 0.3 is 0 Å². The number of nitrogens with zero attached hydrogens (tertiary/aromatic N) is 1. The van der Waals surface area contributed by atoms with E-state index in [9.17, 15) is 4.79 Å². The summed E-state index contributed by atoms with van der Waals surface area (Å²) in [4.78, 5) is 14.5. The number of hydrogen-bond acceptors (Lipinski definition) is 3. The van der Waals surface area contributed by atoms with Gasteiger partial charge in [0, 0.05) is 24.7 Å². The summed E-state index contributed by atoms with van der Waals surface area (Å²) in [6.45, 7) is 0.755. The van der Waals surface area contributed by atoms with Crippen LogP contribution in [0.5, 0.6) is 0 Å². The van der Waals surface area contributed by atoms with E-state index in [1.807, 2.05) is 29.2 Å². The van der Waals surface area contributed by atoms with Crippen LogP contribution in [0.25, 0.3) is 0 Å². The van der Waals surface area contributed by atoms with Gasteiger partial charge in [0.2, 0.25) is 5.91 Å². The molecule has 2 N–H and O–H groups in total. The van der Waals surface area contributed by atoms with E-state index in [0.29, 0.717) is 11.6 Å². The lowest BCUT2D eigenvalue weighted by Crippen LogP contribution is -2.49. The van der Waals surface area contributed by atoms with E-state index >= 15 is 0 Å². The van der Waals surface area contributed by atoms with Gasteiger partial charge in [-0.05, 0) is 24.5 Å². The van der Waals surface area contributed by atoms with Crippen molar-refractivity contribution < 1.29 is 9.53 Å². The molecule has 1 aliphatic carbocycles. The number of hydrogen-bond donors (Lipinski definition) is 1. The molecular formula is C16H24Cl2N2O2. The molecular weight excluding hydrogens is 323 g/mol. The Balaban J connectivity index is 0.00000242. The van der Waals surface area contributed by atoms with Crippen molar-refractivity contribution in [3.63, 3.8) is 0 Å². The molecule has 22 heavy (non-hydrogen) atoms. The number of carbonyl (C=O) groups excluding carboxylic acids is 1. The zero-order valence-corrected chi connectivity index (χ0v) is 14.4.